The molecular formula is C22H24FN5O5. The summed E-state index contributed by atoms with van der Waals surface area (Å²) in [7, 11) is 2.56. The number of ether oxygens (including phenoxy) is 2. The largest absolute Gasteiger partial charge is 0.493 e. The highest BCUT2D eigenvalue weighted by atomic mass is 19.1. The third-order valence-electron chi connectivity index (χ3n) is 5.88. The molecule has 0 aliphatic carbocycles. The van der Waals surface area contributed by atoms with E-state index in [-0.39, 0.29) is 46.7 Å². The van der Waals surface area contributed by atoms with Crippen LogP contribution in [0, 0.1) is 5.82 Å². The molecule has 0 radical (unpaired) electrons. The SMILES string of the molecule is CCN1CC(C)n2c(c(OC)c3c(=O)n(Cc4ccc(F)cc4C(=O)OC)nc(N)c32)C1=O. The van der Waals surface area contributed by atoms with Gasteiger partial charge in [-0.2, -0.15) is 0 Å². The van der Waals surface area contributed by atoms with Crippen molar-refractivity contribution in [1.29, 1.82) is 0 Å². The summed E-state index contributed by atoms with van der Waals surface area (Å²) in [6, 6.07) is 3.42. The van der Waals surface area contributed by atoms with Crippen molar-refractivity contribution in [2.75, 3.05) is 33.0 Å². The van der Waals surface area contributed by atoms with Crippen molar-refractivity contribution < 1.29 is 23.5 Å². The first-order valence-electron chi connectivity index (χ1n) is 10.4. The van der Waals surface area contributed by atoms with E-state index in [9.17, 15) is 18.8 Å². The Hall–Kier alpha value is -3.89. The molecule has 0 spiro atoms. The molecule has 1 amide bonds. The second-order valence-corrected chi connectivity index (χ2v) is 7.81. The van der Waals surface area contributed by atoms with E-state index in [4.69, 9.17) is 15.2 Å². The number of likely N-dealkylation sites (N-methyl/N-ethyl adjacent to an activating group) is 1. The Morgan fingerprint density at radius 2 is 2.03 bits per heavy atom. The van der Waals surface area contributed by atoms with Gasteiger partial charge < -0.3 is 24.7 Å². The third-order valence-corrected chi connectivity index (χ3v) is 5.88. The molecule has 1 aliphatic rings. The van der Waals surface area contributed by atoms with E-state index >= 15 is 0 Å². The van der Waals surface area contributed by atoms with Crippen molar-refractivity contribution in [3.05, 3.63) is 51.2 Å². The Labute approximate surface area is 188 Å². The number of methoxy groups -OCH3 is 2. The lowest BCUT2D eigenvalue weighted by atomic mass is 10.1. The number of aromatic nitrogens is 3. The zero-order valence-electron chi connectivity index (χ0n) is 18.7. The maximum Gasteiger partial charge on any atom is 0.338 e. The minimum absolute atomic E-state index is 0.0282. The van der Waals surface area contributed by atoms with Gasteiger partial charge in [0.1, 0.15) is 16.7 Å². The molecule has 1 unspecified atom stereocenters. The average molecular weight is 457 g/mol. The molecule has 33 heavy (non-hydrogen) atoms. The van der Waals surface area contributed by atoms with Gasteiger partial charge in [0.05, 0.1) is 26.3 Å². The minimum Gasteiger partial charge on any atom is -0.493 e. The van der Waals surface area contributed by atoms with Gasteiger partial charge >= 0.3 is 5.97 Å². The fourth-order valence-electron chi connectivity index (χ4n) is 4.37. The summed E-state index contributed by atoms with van der Waals surface area (Å²) < 4.78 is 26.8. The van der Waals surface area contributed by atoms with E-state index in [1.165, 1.54) is 26.4 Å². The summed E-state index contributed by atoms with van der Waals surface area (Å²) in [5, 5.41) is 4.36. The van der Waals surface area contributed by atoms with Crippen molar-refractivity contribution in [2.45, 2.75) is 26.4 Å². The predicted molar refractivity (Wildman–Crippen MR) is 118 cm³/mol. The van der Waals surface area contributed by atoms with Crippen LogP contribution >= 0.6 is 0 Å². The van der Waals surface area contributed by atoms with Crippen molar-refractivity contribution in [1.82, 2.24) is 19.2 Å². The standard InChI is InChI=1S/C22H24FN5O5/c1-5-26-9-11(2)28-16-15(18(32-3)17(28)21(26)30)20(29)27(25-19(16)24)10-12-6-7-13(23)8-14(12)22(31)33-4/h6-8,11H,5,9-10H2,1-4H3,(H2,24,25). The molecule has 1 aromatic carbocycles. The Bertz CT molecular complexity index is 1350. The summed E-state index contributed by atoms with van der Waals surface area (Å²) in [4.78, 5) is 40.4. The van der Waals surface area contributed by atoms with Crippen LogP contribution in [0.15, 0.2) is 23.0 Å². The average Bonchev–Trinajstić information content (AvgIpc) is 3.17. The number of anilines is 1. The van der Waals surface area contributed by atoms with E-state index in [0.717, 1.165) is 10.7 Å². The van der Waals surface area contributed by atoms with Crippen LogP contribution in [-0.2, 0) is 11.3 Å². The number of nitrogens with two attached hydrogens (primary N) is 1. The number of nitrogen functional groups attached to an aromatic ring is 1. The maximum absolute atomic E-state index is 13.7. The van der Waals surface area contributed by atoms with Crippen LogP contribution in [0.5, 0.6) is 5.75 Å². The van der Waals surface area contributed by atoms with Gasteiger partial charge in [0.25, 0.3) is 11.5 Å². The lowest BCUT2D eigenvalue weighted by molar-refractivity contribution is 0.0598. The molecule has 2 aromatic heterocycles. The fourth-order valence-corrected chi connectivity index (χ4v) is 4.37. The Morgan fingerprint density at radius 3 is 2.67 bits per heavy atom. The van der Waals surface area contributed by atoms with Gasteiger partial charge in [-0.15, -0.1) is 5.10 Å². The number of carbonyl (C=O) groups is 2. The summed E-state index contributed by atoms with van der Waals surface area (Å²) in [6.07, 6.45) is 0. The van der Waals surface area contributed by atoms with Crippen LogP contribution in [0.2, 0.25) is 0 Å². The van der Waals surface area contributed by atoms with Crippen LogP contribution in [-0.4, -0.2) is 58.4 Å². The van der Waals surface area contributed by atoms with Gasteiger partial charge in [0, 0.05) is 19.1 Å². The molecule has 0 saturated heterocycles. The van der Waals surface area contributed by atoms with E-state index < -0.39 is 17.3 Å². The minimum atomic E-state index is -0.748. The molecule has 3 aromatic rings. The summed E-state index contributed by atoms with van der Waals surface area (Å²) in [6.45, 7) is 4.59. The van der Waals surface area contributed by atoms with Gasteiger partial charge in [-0.05, 0) is 31.5 Å². The number of rotatable bonds is 5. The van der Waals surface area contributed by atoms with Crippen LogP contribution in [0.1, 0.15) is 46.3 Å². The quantitative estimate of drug-likeness (QED) is 0.580. The summed E-state index contributed by atoms with van der Waals surface area (Å²) >= 11 is 0. The van der Waals surface area contributed by atoms with E-state index in [1.807, 2.05) is 13.8 Å². The van der Waals surface area contributed by atoms with Crippen LogP contribution in [0.4, 0.5) is 10.2 Å². The number of hydrogen-bond donors (Lipinski definition) is 1. The number of esters is 1. The first-order valence-corrected chi connectivity index (χ1v) is 10.4. The molecule has 3 heterocycles. The van der Waals surface area contributed by atoms with Crippen molar-refractivity contribution in [3.8, 4) is 5.75 Å². The predicted octanol–water partition coefficient (Wildman–Crippen LogP) is 1.80. The molecular weight excluding hydrogens is 433 g/mol. The smallest absolute Gasteiger partial charge is 0.338 e. The normalized spacial score (nSPS) is 15.6. The van der Waals surface area contributed by atoms with Gasteiger partial charge in [-0.3, -0.25) is 9.59 Å². The number of benzene rings is 1. The highest BCUT2D eigenvalue weighted by molar-refractivity contribution is 6.06. The van der Waals surface area contributed by atoms with Crippen molar-refractivity contribution >= 4 is 28.6 Å². The third kappa shape index (κ3) is 3.40. The number of fused-ring (bicyclic) bond motifs is 3. The lowest BCUT2D eigenvalue weighted by Gasteiger charge is -2.32. The number of carbonyl (C=O) groups excluding carboxylic acids is 2. The number of hydrogen-bond acceptors (Lipinski definition) is 7. The Kier molecular flexibility index (Phi) is 5.56. The second-order valence-electron chi connectivity index (χ2n) is 7.81. The maximum atomic E-state index is 13.7. The number of amides is 1. The molecule has 0 bridgehead atoms. The Balaban J connectivity index is 1.95. The second kappa shape index (κ2) is 8.23. The van der Waals surface area contributed by atoms with E-state index in [1.54, 1.807) is 9.47 Å². The van der Waals surface area contributed by atoms with Crippen LogP contribution in [0.25, 0.3) is 10.9 Å². The van der Waals surface area contributed by atoms with Crippen molar-refractivity contribution in [2.24, 2.45) is 0 Å². The molecule has 10 nitrogen and oxygen atoms in total. The summed E-state index contributed by atoms with van der Waals surface area (Å²) in [5.74, 6) is -1.48. The van der Waals surface area contributed by atoms with Gasteiger partial charge in [0.15, 0.2) is 17.3 Å². The molecule has 4 rings (SSSR count). The molecule has 1 aliphatic heterocycles. The zero-order valence-corrected chi connectivity index (χ0v) is 18.7. The number of nitrogens with zero attached hydrogens (tertiary/aromatic N) is 4. The van der Waals surface area contributed by atoms with Crippen LogP contribution < -0.4 is 16.0 Å². The Morgan fingerprint density at radius 1 is 1.30 bits per heavy atom. The number of halogens is 1. The van der Waals surface area contributed by atoms with E-state index in [2.05, 4.69) is 5.10 Å². The van der Waals surface area contributed by atoms with Crippen molar-refractivity contribution in [3.63, 3.8) is 0 Å². The van der Waals surface area contributed by atoms with Gasteiger partial charge in [-0.25, -0.2) is 13.9 Å². The summed E-state index contributed by atoms with van der Waals surface area (Å²) in [5.41, 5.74) is 6.57. The lowest BCUT2D eigenvalue weighted by Crippen LogP contribution is -2.42. The zero-order chi connectivity index (χ0) is 24.0. The first kappa shape index (κ1) is 22.3. The molecule has 1 atom stereocenters. The van der Waals surface area contributed by atoms with Gasteiger partial charge in [-0.1, -0.05) is 6.07 Å². The first-order chi connectivity index (χ1) is 15.7. The fraction of sp³-hybridized carbons (Fsp3) is 0.364. The molecule has 174 valence electrons. The molecule has 2 N–H and O–H groups in total. The van der Waals surface area contributed by atoms with Crippen LogP contribution in [0.3, 0.4) is 0 Å². The topological polar surface area (TPSA) is 122 Å². The highest BCUT2D eigenvalue weighted by Gasteiger charge is 2.37. The monoisotopic (exact) mass is 457 g/mol. The highest BCUT2D eigenvalue weighted by Crippen LogP contribution is 2.39. The van der Waals surface area contributed by atoms with E-state index in [0.29, 0.717) is 24.2 Å². The molecule has 0 saturated carbocycles. The molecule has 11 heteroatoms. The molecule has 0 fully saturated rings. The van der Waals surface area contributed by atoms with Gasteiger partial charge in [0.2, 0.25) is 0 Å².